The normalized spacial score (nSPS) is 14.8. The first-order chi connectivity index (χ1) is 26.9. The van der Waals surface area contributed by atoms with Gasteiger partial charge in [-0.1, -0.05) is 29.3 Å². The minimum atomic E-state index is -0.562. The monoisotopic (exact) mass is 823 g/mol. The predicted molar refractivity (Wildman–Crippen MR) is 215 cm³/mol. The number of halogens is 2. The molecule has 296 valence electrons. The molecule has 2 aliphatic rings. The van der Waals surface area contributed by atoms with Gasteiger partial charge in [0, 0.05) is 104 Å². The fourth-order valence-electron chi connectivity index (χ4n) is 6.57. The van der Waals surface area contributed by atoms with E-state index in [1.807, 2.05) is 37.2 Å². The number of aliphatic hydroxyl groups is 1. The largest absolute Gasteiger partial charge is 0.387 e. The Morgan fingerprint density at radius 3 is 2.66 bits per heavy atom. The van der Waals surface area contributed by atoms with Crippen LogP contribution in [-0.4, -0.2) is 124 Å². The first-order valence-corrected chi connectivity index (χ1v) is 19.7. The van der Waals surface area contributed by atoms with E-state index in [0.29, 0.717) is 73.4 Å². The van der Waals surface area contributed by atoms with E-state index in [9.17, 15) is 29.1 Å². The smallest absolute Gasteiger partial charge is 0.248 e. The van der Waals surface area contributed by atoms with Crippen molar-refractivity contribution >= 4 is 80.0 Å². The van der Waals surface area contributed by atoms with Gasteiger partial charge in [0.25, 0.3) is 0 Å². The molecule has 2 aliphatic heterocycles. The Labute approximate surface area is 337 Å². The number of hydrogen-bond donors (Lipinski definition) is 4. The van der Waals surface area contributed by atoms with Crippen molar-refractivity contribution in [1.82, 2.24) is 40.1 Å². The molecule has 5 amide bonds. The molecule has 1 aromatic carbocycles. The van der Waals surface area contributed by atoms with E-state index in [4.69, 9.17) is 28.3 Å². The number of amides is 5. The zero-order valence-electron chi connectivity index (χ0n) is 31.0. The third-order valence-electron chi connectivity index (χ3n) is 9.44. The number of aliphatic hydroxyl groups excluding tert-OH is 1. The average Bonchev–Trinajstić information content (AvgIpc) is 3.94. The molecule has 0 unspecified atom stereocenters. The van der Waals surface area contributed by atoms with Crippen LogP contribution < -0.4 is 15.5 Å². The van der Waals surface area contributed by atoms with E-state index >= 15 is 0 Å². The zero-order chi connectivity index (χ0) is 39.9. The molecular formula is C38H43Cl2N9O6S. The van der Waals surface area contributed by atoms with Gasteiger partial charge in [-0.15, -0.1) is 11.3 Å². The van der Waals surface area contributed by atoms with Gasteiger partial charge in [0.2, 0.25) is 29.5 Å². The number of carbonyl (C=O) groups excluding carboxylic acids is 5. The summed E-state index contributed by atoms with van der Waals surface area (Å²) in [6, 6.07) is 7.34. The Morgan fingerprint density at radius 1 is 1.07 bits per heavy atom. The quantitative estimate of drug-likeness (QED) is 0.141. The van der Waals surface area contributed by atoms with Gasteiger partial charge in [-0.3, -0.25) is 28.7 Å². The van der Waals surface area contributed by atoms with Crippen molar-refractivity contribution in [3.63, 3.8) is 0 Å². The number of fused-ring (bicyclic) bond motifs is 3. The number of carbonyl (C=O) groups is 5. The first kappa shape index (κ1) is 40.7. The Morgan fingerprint density at radius 2 is 1.89 bits per heavy atom. The van der Waals surface area contributed by atoms with Crippen LogP contribution in [0.1, 0.15) is 22.6 Å². The van der Waals surface area contributed by atoms with Crippen molar-refractivity contribution in [3.8, 4) is 11.3 Å². The minimum Gasteiger partial charge on any atom is -0.387 e. The molecule has 4 aromatic rings. The molecule has 0 saturated carbocycles. The number of nitrogens with one attached hydrogen (secondary N) is 3. The Balaban J connectivity index is 0.941. The lowest BCUT2D eigenvalue weighted by atomic mass is 9.99. The van der Waals surface area contributed by atoms with E-state index < -0.39 is 6.61 Å². The van der Waals surface area contributed by atoms with Gasteiger partial charge < -0.3 is 40.3 Å². The number of aromatic nitrogens is 3. The molecule has 5 heterocycles. The van der Waals surface area contributed by atoms with E-state index in [0.717, 1.165) is 32.1 Å². The fraction of sp³-hybridized carbons (Fsp3) is 0.368. The third kappa shape index (κ3) is 9.68. The highest BCUT2D eigenvalue weighted by molar-refractivity contribution is 7.16. The number of nitrogens with zero attached hydrogens (tertiary/aromatic N) is 6. The number of hydrogen-bond acceptors (Lipinski definition) is 9. The summed E-state index contributed by atoms with van der Waals surface area (Å²) in [6.45, 7) is 2.37. The molecule has 0 bridgehead atoms. The summed E-state index contributed by atoms with van der Waals surface area (Å²) in [5, 5.41) is 21.8. The Kier molecular flexibility index (Phi) is 13.3. The molecule has 0 aliphatic carbocycles. The van der Waals surface area contributed by atoms with Gasteiger partial charge in [0.1, 0.15) is 13.2 Å². The van der Waals surface area contributed by atoms with Gasteiger partial charge in [-0.25, -0.2) is 0 Å². The van der Waals surface area contributed by atoms with Crippen LogP contribution in [0.4, 0.5) is 5.00 Å². The molecule has 0 spiro atoms. The van der Waals surface area contributed by atoms with Crippen molar-refractivity contribution in [2.45, 2.75) is 32.4 Å². The lowest BCUT2D eigenvalue weighted by Gasteiger charge is -2.33. The summed E-state index contributed by atoms with van der Waals surface area (Å²) in [6.07, 6.45) is 8.86. The summed E-state index contributed by atoms with van der Waals surface area (Å²) in [5.74, 6) is -1.32. The predicted octanol–water partition coefficient (Wildman–Crippen LogP) is 2.95. The van der Waals surface area contributed by atoms with Crippen molar-refractivity contribution in [3.05, 3.63) is 81.1 Å². The van der Waals surface area contributed by atoms with Gasteiger partial charge >= 0.3 is 0 Å². The SMILES string of the molecule is CN(C)CC=CC(=O)N1CCN(c2ccc(CCC(=O)N/C=C/C(=O)NCCn3ccc(-c4cc(Cl)c(Cl)c5[nH]c6c(c45)CN(C(=O)CO)CC6)n3)s2)C(=O)C1. The van der Waals surface area contributed by atoms with Crippen LogP contribution in [0.25, 0.3) is 22.2 Å². The summed E-state index contributed by atoms with van der Waals surface area (Å²) < 4.78 is 1.69. The molecular weight excluding hydrogens is 781 g/mol. The number of piperazine rings is 1. The summed E-state index contributed by atoms with van der Waals surface area (Å²) in [4.78, 5) is 73.5. The van der Waals surface area contributed by atoms with Crippen molar-refractivity contribution in [2.75, 3.05) is 64.9 Å². The topological polar surface area (TPSA) is 176 Å². The summed E-state index contributed by atoms with van der Waals surface area (Å²) in [7, 11) is 3.83. The van der Waals surface area contributed by atoms with Gasteiger partial charge in [-0.2, -0.15) is 5.10 Å². The molecule has 0 radical (unpaired) electrons. The standard InChI is InChI=1S/C38H43Cl2N9O6S/c1-45(2)14-3-4-32(53)47-18-19-49(33(54)22-47)35-8-6-24(56-35)5-7-30(51)41-12-9-31(52)42-13-17-48-16-11-29(44-48)25-20-27(39)37(40)38-36(25)26-21-46(34(55)23-50)15-10-28(26)43-38/h3-4,6,8-9,11-12,16,20,43,50H,5,7,10,13-15,17-19,21-23H2,1-2H3,(H,41,51)(H,42,52)/b4-3?,12-9+. The Hall–Kier alpha value is -5.00. The molecule has 6 rings (SSSR count). The molecule has 1 fully saturated rings. The number of rotatable bonds is 14. The highest BCUT2D eigenvalue weighted by atomic mass is 35.5. The lowest BCUT2D eigenvalue weighted by Crippen LogP contribution is -2.51. The van der Waals surface area contributed by atoms with Gasteiger partial charge in [0.15, 0.2) is 0 Å². The van der Waals surface area contributed by atoms with E-state index in [-0.39, 0.29) is 49.0 Å². The fourth-order valence-corrected chi connectivity index (χ4v) is 8.01. The summed E-state index contributed by atoms with van der Waals surface area (Å²) >= 11 is 14.5. The molecule has 4 N–H and O–H groups in total. The second-order valence-corrected chi connectivity index (χ2v) is 15.6. The lowest BCUT2D eigenvalue weighted by molar-refractivity contribution is -0.135. The van der Waals surface area contributed by atoms with Crippen LogP contribution in [0.2, 0.25) is 10.0 Å². The second kappa shape index (κ2) is 18.3. The van der Waals surface area contributed by atoms with Gasteiger partial charge in [-0.05, 0) is 44.8 Å². The summed E-state index contributed by atoms with van der Waals surface area (Å²) in [5.41, 5.74) is 3.90. The van der Waals surface area contributed by atoms with Gasteiger partial charge in [0.05, 0.1) is 32.8 Å². The highest BCUT2D eigenvalue weighted by Crippen LogP contribution is 2.42. The average molecular weight is 825 g/mol. The van der Waals surface area contributed by atoms with Crippen LogP contribution in [-0.2, 0) is 49.9 Å². The number of anilines is 1. The van der Waals surface area contributed by atoms with E-state index in [1.54, 1.807) is 37.7 Å². The molecule has 0 atom stereocenters. The molecule has 1 saturated heterocycles. The van der Waals surface area contributed by atoms with Crippen molar-refractivity contribution < 1.29 is 29.1 Å². The maximum Gasteiger partial charge on any atom is 0.248 e. The highest BCUT2D eigenvalue weighted by Gasteiger charge is 2.29. The second-order valence-electron chi connectivity index (χ2n) is 13.6. The number of benzene rings is 1. The molecule has 3 aromatic heterocycles. The van der Waals surface area contributed by atoms with E-state index in [1.165, 1.54) is 29.7 Å². The third-order valence-corrected chi connectivity index (χ3v) is 11.4. The maximum atomic E-state index is 12.8. The molecule has 18 heteroatoms. The van der Waals surface area contributed by atoms with Crippen molar-refractivity contribution in [1.29, 1.82) is 0 Å². The number of thiophene rings is 1. The van der Waals surface area contributed by atoms with Crippen LogP contribution in [0, 0.1) is 0 Å². The molecule has 56 heavy (non-hydrogen) atoms. The molecule has 15 nitrogen and oxygen atoms in total. The zero-order valence-corrected chi connectivity index (χ0v) is 33.3. The first-order valence-electron chi connectivity index (χ1n) is 18.1. The maximum absolute atomic E-state index is 12.8. The van der Waals surface area contributed by atoms with Crippen LogP contribution >= 0.6 is 34.5 Å². The van der Waals surface area contributed by atoms with Crippen LogP contribution in [0.5, 0.6) is 0 Å². The van der Waals surface area contributed by atoms with Crippen molar-refractivity contribution in [2.24, 2.45) is 0 Å². The number of aromatic amines is 1. The Bertz CT molecular complexity index is 2190. The van der Waals surface area contributed by atoms with E-state index in [2.05, 4.69) is 15.6 Å². The number of H-pyrrole nitrogens is 1. The minimum absolute atomic E-state index is 0.0161. The number of aryl methyl sites for hydroxylation is 1. The van der Waals surface area contributed by atoms with Crippen LogP contribution in [0.15, 0.2) is 54.9 Å². The number of likely N-dealkylation sites (N-methyl/N-ethyl adjacent to an activating group) is 1. The van der Waals surface area contributed by atoms with Crippen LogP contribution in [0.3, 0.4) is 0 Å².